The number of carbonyl (C=O) groups is 1. The zero-order valence-electron chi connectivity index (χ0n) is 11.0. The molecule has 1 rings (SSSR count). The molecule has 0 aliphatic rings. The fraction of sp³-hybridized carbons (Fsp3) is 0.500. The average Bonchev–Trinajstić information content (AvgIpc) is 2.29. The van der Waals surface area contributed by atoms with E-state index in [0.717, 1.165) is 13.0 Å². The minimum Gasteiger partial charge on any atom is -0.480 e. The van der Waals surface area contributed by atoms with Gasteiger partial charge in [-0.05, 0) is 50.9 Å². The van der Waals surface area contributed by atoms with Crippen molar-refractivity contribution in [3.8, 4) is 0 Å². The number of hydrogen-bond acceptors (Lipinski definition) is 2. The van der Waals surface area contributed by atoms with E-state index in [9.17, 15) is 4.79 Å². The largest absolute Gasteiger partial charge is 0.480 e. The molecule has 0 aliphatic heterocycles. The van der Waals surface area contributed by atoms with Gasteiger partial charge in [-0.2, -0.15) is 0 Å². The topological polar surface area (TPSA) is 40.5 Å². The van der Waals surface area contributed by atoms with Crippen molar-refractivity contribution < 1.29 is 9.90 Å². The van der Waals surface area contributed by atoms with Crippen LogP contribution in [0.3, 0.4) is 0 Å². The SMILES string of the molecule is Cc1ccc(CCN(C)C(C)C(=O)O)cc1C. The van der Waals surface area contributed by atoms with Crippen LogP contribution in [0.2, 0.25) is 0 Å². The van der Waals surface area contributed by atoms with Crippen LogP contribution in [0.1, 0.15) is 23.6 Å². The fourth-order valence-corrected chi connectivity index (χ4v) is 1.65. The van der Waals surface area contributed by atoms with Gasteiger partial charge in [-0.15, -0.1) is 0 Å². The summed E-state index contributed by atoms with van der Waals surface area (Å²) in [6, 6.07) is 5.98. The monoisotopic (exact) mass is 235 g/mol. The first kappa shape index (κ1) is 13.7. The summed E-state index contributed by atoms with van der Waals surface area (Å²) in [5.41, 5.74) is 3.84. The summed E-state index contributed by atoms with van der Waals surface area (Å²) >= 11 is 0. The number of hydrogen-bond donors (Lipinski definition) is 1. The number of benzene rings is 1. The van der Waals surface area contributed by atoms with Crippen LogP contribution < -0.4 is 0 Å². The maximum atomic E-state index is 10.8. The summed E-state index contributed by atoms with van der Waals surface area (Å²) in [5.74, 6) is -0.771. The van der Waals surface area contributed by atoms with E-state index in [1.54, 1.807) is 6.92 Å². The van der Waals surface area contributed by atoms with Gasteiger partial charge < -0.3 is 5.11 Å². The van der Waals surface area contributed by atoms with E-state index in [-0.39, 0.29) is 0 Å². The molecule has 0 saturated carbocycles. The molecule has 0 saturated heterocycles. The van der Waals surface area contributed by atoms with Gasteiger partial charge in [0.05, 0.1) is 0 Å². The molecule has 3 heteroatoms. The Balaban J connectivity index is 2.55. The van der Waals surface area contributed by atoms with Crippen molar-refractivity contribution in [3.05, 3.63) is 34.9 Å². The number of likely N-dealkylation sites (N-methyl/N-ethyl adjacent to an activating group) is 1. The maximum Gasteiger partial charge on any atom is 0.320 e. The quantitative estimate of drug-likeness (QED) is 0.851. The van der Waals surface area contributed by atoms with Crippen LogP contribution in [0, 0.1) is 13.8 Å². The van der Waals surface area contributed by atoms with E-state index in [1.807, 2.05) is 11.9 Å². The van der Waals surface area contributed by atoms with Gasteiger partial charge in [0.2, 0.25) is 0 Å². The minimum absolute atomic E-state index is 0.429. The summed E-state index contributed by atoms with van der Waals surface area (Å²) in [4.78, 5) is 12.7. The van der Waals surface area contributed by atoms with E-state index < -0.39 is 12.0 Å². The molecule has 0 aliphatic carbocycles. The lowest BCUT2D eigenvalue weighted by Gasteiger charge is -2.21. The van der Waals surface area contributed by atoms with E-state index in [0.29, 0.717) is 0 Å². The van der Waals surface area contributed by atoms with Crippen molar-refractivity contribution in [2.24, 2.45) is 0 Å². The molecular weight excluding hydrogens is 214 g/mol. The molecule has 0 bridgehead atoms. The molecule has 0 aromatic heterocycles. The molecule has 17 heavy (non-hydrogen) atoms. The second-order valence-electron chi connectivity index (χ2n) is 4.66. The van der Waals surface area contributed by atoms with Crippen LogP contribution in [0.5, 0.6) is 0 Å². The Bertz CT molecular complexity index is 401. The molecule has 1 N–H and O–H groups in total. The first-order chi connectivity index (χ1) is 7.91. The van der Waals surface area contributed by atoms with Crippen molar-refractivity contribution in [2.45, 2.75) is 33.2 Å². The smallest absolute Gasteiger partial charge is 0.320 e. The normalized spacial score (nSPS) is 12.8. The third kappa shape index (κ3) is 3.86. The van der Waals surface area contributed by atoms with Crippen molar-refractivity contribution in [1.82, 2.24) is 4.90 Å². The first-order valence-electron chi connectivity index (χ1n) is 5.91. The highest BCUT2D eigenvalue weighted by Gasteiger charge is 2.15. The van der Waals surface area contributed by atoms with Crippen LogP contribution in [0.25, 0.3) is 0 Å². The Labute approximate surface area is 103 Å². The zero-order chi connectivity index (χ0) is 13.0. The third-order valence-electron chi connectivity index (χ3n) is 3.34. The predicted molar refractivity (Wildman–Crippen MR) is 69.3 cm³/mol. The van der Waals surface area contributed by atoms with Crippen molar-refractivity contribution in [3.63, 3.8) is 0 Å². The lowest BCUT2D eigenvalue weighted by Crippen LogP contribution is -2.37. The Morgan fingerprint density at radius 2 is 2.00 bits per heavy atom. The van der Waals surface area contributed by atoms with Crippen LogP contribution >= 0.6 is 0 Å². The number of rotatable bonds is 5. The molecule has 3 nitrogen and oxygen atoms in total. The number of nitrogens with zero attached hydrogens (tertiary/aromatic N) is 1. The molecule has 94 valence electrons. The highest BCUT2D eigenvalue weighted by Crippen LogP contribution is 2.11. The summed E-state index contributed by atoms with van der Waals surface area (Å²) in [6.07, 6.45) is 0.884. The fourth-order valence-electron chi connectivity index (χ4n) is 1.65. The highest BCUT2D eigenvalue weighted by molar-refractivity contribution is 5.72. The standard InChI is InChI=1S/C14H21NO2/c1-10-5-6-13(9-11(10)2)7-8-15(4)12(3)14(16)17/h5-6,9,12H,7-8H2,1-4H3,(H,16,17). The number of aryl methyl sites for hydroxylation is 2. The Hall–Kier alpha value is -1.35. The molecule has 0 heterocycles. The molecular formula is C14H21NO2. The van der Waals surface area contributed by atoms with Gasteiger partial charge in [-0.1, -0.05) is 18.2 Å². The van der Waals surface area contributed by atoms with E-state index >= 15 is 0 Å². The number of aliphatic carboxylic acids is 1. The van der Waals surface area contributed by atoms with Crippen LogP contribution in [-0.2, 0) is 11.2 Å². The summed E-state index contributed by atoms with van der Waals surface area (Å²) in [7, 11) is 1.85. The maximum absolute atomic E-state index is 10.8. The van der Waals surface area contributed by atoms with E-state index in [4.69, 9.17) is 5.11 Å². The minimum atomic E-state index is -0.771. The first-order valence-corrected chi connectivity index (χ1v) is 5.91. The third-order valence-corrected chi connectivity index (χ3v) is 3.34. The van der Waals surface area contributed by atoms with Crippen molar-refractivity contribution >= 4 is 5.97 Å². The van der Waals surface area contributed by atoms with Gasteiger partial charge in [-0.25, -0.2) is 0 Å². The van der Waals surface area contributed by atoms with Gasteiger partial charge in [0.15, 0.2) is 0 Å². The average molecular weight is 235 g/mol. The second-order valence-corrected chi connectivity index (χ2v) is 4.66. The van der Waals surface area contributed by atoms with Crippen LogP contribution in [0.4, 0.5) is 0 Å². The molecule has 1 aromatic carbocycles. The van der Waals surface area contributed by atoms with Gasteiger partial charge in [-0.3, -0.25) is 9.69 Å². The van der Waals surface area contributed by atoms with Gasteiger partial charge >= 0.3 is 5.97 Å². The van der Waals surface area contributed by atoms with Gasteiger partial charge in [0, 0.05) is 6.54 Å². The molecule has 1 aromatic rings. The number of carboxylic acid groups (broad SMARTS) is 1. The van der Waals surface area contributed by atoms with Crippen molar-refractivity contribution in [2.75, 3.05) is 13.6 Å². The Kier molecular flexibility index (Phi) is 4.70. The lowest BCUT2D eigenvalue weighted by atomic mass is 10.0. The van der Waals surface area contributed by atoms with E-state index in [1.165, 1.54) is 16.7 Å². The Morgan fingerprint density at radius 3 is 2.53 bits per heavy atom. The van der Waals surface area contributed by atoms with Gasteiger partial charge in [0.25, 0.3) is 0 Å². The Morgan fingerprint density at radius 1 is 1.35 bits per heavy atom. The summed E-state index contributed by atoms with van der Waals surface area (Å²) in [6.45, 7) is 6.67. The molecule has 1 atom stereocenters. The molecule has 0 radical (unpaired) electrons. The highest BCUT2D eigenvalue weighted by atomic mass is 16.4. The summed E-state index contributed by atoms with van der Waals surface area (Å²) in [5, 5.41) is 8.89. The molecule has 1 unspecified atom stereocenters. The lowest BCUT2D eigenvalue weighted by molar-refractivity contribution is -0.142. The van der Waals surface area contributed by atoms with Crippen molar-refractivity contribution in [1.29, 1.82) is 0 Å². The predicted octanol–water partition coefficient (Wildman–Crippen LogP) is 2.25. The molecule has 0 fully saturated rings. The van der Waals surface area contributed by atoms with Gasteiger partial charge in [0.1, 0.15) is 6.04 Å². The van der Waals surface area contributed by atoms with Crippen LogP contribution in [-0.4, -0.2) is 35.6 Å². The zero-order valence-corrected chi connectivity index (χ0v) is 11.0. The molecule has 0 spiro atoms. The second kappa shape index (κ2) is 5.82. The van der Waals surface area contributed by atoms with E-state index in [2.05, 4.69) is 32.0 Å². The summed E-state index contributed by atoms with van der Waals surface area (Å²) < 4.78 is 0. The molecule has 0 amide bonds. The van der Waals surface area contributed by atoms with Crippen LogP contribution in [0.15, 0.2) is 18.2 Å². The number of carboxylic acids is 1.